The first-order valence-electron chi connectivity index (χ1n) is 4.35. The predicted molar refractivity (Wildman–Crippen MR) is 65.9 cm³/mol. The Labute approximate surface area is 103 Å². The van der Waals surface area contributed by atoms with Crippen LogP contribution in [-0.2, 0) is 0 Å². The smallest absolute Gasteiger partial charge is 0.0546 e. The van der Waals surface area contributed by atoms with Gasteiger partial charge in [-0.3, -0.25) is 0 Å². The summed E-state index contributed by atoms with van der Waals surface area (Å²) < 4.78 is 0. The largest absolute Gasteiger partial charge is 0.0878 e. The van der Waals surface area contributed by atoms with Crippen LogP contribution >= 0.6 is 35.0 Å². The van der Waals surface area contributed by atoms with Crippen molar-refractivity contribution in [3.63, 3.8) is 0 Å². The first kappa shape index (κ1) is 10.9. The molecular weight excluding hydrogens is 247 g/mol. The Morgan fingerprint density at radius 2 is 1.93 bits per heavy atom. The van der Waals surface area contributed by atoms with E-state index in [2.05, 4.69) is 6.07 Å². The maximum Gasteiger partial charge on any atom is 0.0546 e. The first-order chi connectivity index (χ1) is 7.25. The van der Waals surface area contributed by atoms with Crippen LogP contribution in [0.4, 0.5) is 0 Å². The van der Waals surface area contributed by atoms with Gasteiger partial charge in [-0.05, 0) is 30.3 Å². The van der Waals surface area contributed by atoms with Crippen molar-refractivity contribution in [1.82, 2.24) is 0 Å². The molecular formula is C12H7Cl2S. The molecule has 0 aliphatic rings. The third-order valence-electron chi connectivity index (χ3n) is 1.79. The highest BCUT2D eigenvalue weighted by Gasteiger charge is 2.03. The zero-order chi connectivity index (χ0) is 10.7. The number of hydrogen-bond acceptors (Lipinski definition) is 1. The minimum atomic E-state index is 0.692. The minimum Gasteiger partial charge on any atom is -0.0878 e. The van der Waals surface area contributed by atoms with E-state index >= 15 is 0 Å². The van der Waals surface area contributed by atoms with E-state index in [4.69, 9.17) is 23.2 Å². The predicted octanol–water partition coefficient (Wildman–Crippen LogP) is 4.94. The molecule has 3 heteroatoms. The zero-order valence-electron chi connectivity index (χ0n) is 7.71. The zero-order valence-corrected chi connectivity index (χ0v) is 10.0. The van der Waals surface area contributed by atoms with Gasteiger partial charge >= 0.3 is 0 Å². The molecule has 0 unspecified atom stereocenters. The van der Waals surface area contributed by atoms with Crippen LogP contribution in [0.15, 0.2) is 52.3 Å². The number of halogens is 2. The van der Waals surface area contributed by atoms with E-state index in [9.17, 15) is 0 Å². The van der Waals surface area contributed by atoms with E-state index in [1.54, 1.807) is 23.9 Å². The molecule has 0 aromatic heterocycles. The molecule has 0 fully saturated rings. The molecule has 0 bridgehead atoms. The Balaban J connectivity index is 2.28. The maximum atomic E-state index is 6.05. The van der Waals surface area contributed by atoms with Gasteiger partial charge in [0.2, 0.25) is 0 Å². The van der Waals surface area contributed by atoms with E-state index < -0.39 is 0 Å². The first-order valence-corrected chi connectivity index (χ1v) is 5.92. The van der Waals surface area contributed by atoms with Gasteiger partial charge in [0.05, 0.1) is 5.02 Å². The fourth-order valence-corrected chi connectivity index (χ4v) is 2.45. The lowest BCUT2D eigenvalue weighted by Crippen LogP contribution is -1.76. The van der Waals surface area contributed by atoms with Gasteiger partial charge in [-0.2, -0.15) is 0 Å². The molecule has 0 amide bonds. The molecule has 0 saturated heterocycles. The summed E-state index contributed by atoms with van der Waals surface area (Å²) in [6.45, 7) is 0. The summed E-state index contributed by atoms with van der Waals surface area (Å²) in [6, 6.07) is 16.3. The molecule has 75 valence electrons. The third-order valence-corrected chi connectivity index (χ3v) is 3.50. The van der Waals surface area contributed by atoms with Gasteiger partial charge in [0.25, 0.3) is 0 Å². The van der Waals surface area contributed by atoms with Crippen LogP contribution in [0.5, 0.6) is 0 Å². The standard InChI is InChI=1S/C12H7Cl2S/c13-9-6-7-11(14)12(8-9)15-10-4-2-1-3-5-10/h1-4,6-8H. The summed E-state index contributed by atoms with van der Waals surface area (Å²) in [4.78, 5) is 1.98. The molecule has 2 aromatic rings. The maximum absolute atomic E-state index is 6.05. The van der Waals surface area contributed by atoms with Crippen LogP contribution in [0.25, 0.3) is 0 Å². The number of benzene rings is 2. The molecule has 1 radical (unpaired) electrons. The van der Waals surface area contributed by atoms with E-state index in [-0.39, 0.29) is 0 Å². The summed E-state index contributed by atoms with van der Waals surface area (Å²) in [7, 11) is 0. The number of hydrogen-bond donors (Lipinski definition) is 0. The third kappa shape index (κ3) is 2.91. The second-order valence-electron chi connectivity index (χ2n) is 2.90. The quantitative estimate of drug-likeness (QED) is 0.731. The molecule has 0 saturated carbocycles. The molecule has 0 atom stereocenters. The van der Waals surface area contributed by atoms with Gasteiger partial charge in [-0.1, -0.05) is 53.2 Å². The van der Waals surface area contributed by atoms with Crippen LogP contribution in [0.3, 0.4) is 0 Å². The Hall–Kier alpha value is -0.630. The van der Waals surface area contributed by atoms with Crippen molar-refractivity contribution in [2.24, 2.45) is 0 Å². The fourth-order valence-electron chi connectivity index (χ4n) is 1.11. The second-order valence-corrected chi connectivity index (χ2v) is 4.83. The van der Waals surface area contributed by atoms with Gasteiger partial charge in [-0.15, -0.1) is 0 Å². The lowest BCUT2D eigenvalue weighted by Gasteiger charge is -2.03. The molecule has 0 aliphatic carbocycles. The molecule has 2 rings (SSSR count). The van der Waals surface area contributed by atoms with Crippen molar-refractivity contribution < 1.29 is 0 Å². The van der Waals surface area contributed by atoms with Crippen LogP contribution in [0.2, 0.25) is 10.0 Å². The van der Waals surface area contributed by atoms with Crippen molar-refractivity contribution in [2.75, 3.05) is 0 Å². The van der Waals surface area contributed by atoms with Crippen LogP contribution in [0, 0.1) is 6.07 Å². The summed E-state index contributed by atoms with van der Waals surface area (Å²) in [5, 5.41) is 1.40. The summed E-state index contributed by atoms with van der Waals surface area (Å²) >= 11 is 13.5. The van der Waals surface area contributed by atoms with Gasteiger partial charge in [-0.25, -0.2) is 0 Å². The van der Waals surface area contributed by atoms with Crippen molar-refractivity contribution in [3.8, 4) is 0 Å². The molecule has 0 heterocycles. The Morgan fingerprint density at radius 1 is 1.07 bits per heavy atom. The number of rotatable bonds is 2. The Bertz CT molecular complexity index is 454. The normalized spacial score (nSPS) is 10.3. The van der Waals surface area contributed by atoms with Gasteiger partial charge in [0, 0.05) is 14.8 Å². The Kier molecular flexibility index (Phi) is 3.57. The molecule has 15 heavy (non-hydrogen) atoms. The van der Waals surface area contributed by atoms with Crippen molar-refractivity contribution in [1.29, 1.82) is 0 Å². The SMILES string of the molecule is Clc1ccc(Cl)c(Sc2[c]cccc2)c1. The van der Waals surface area contributed by atoms with Crippen LogP contribution in [-0.4, -0.2) is 0 Å². The van der Waals surface area contributed by atoms with Gasteiger partial charge < -0.3 is 0 Å². The van der Waals surface area contributed by atoms with E-state index in [1.807, 2.05) is 30.3 Å². The monoisotopic (exact) mass is 253 g/mol. The van der Waals surface area contributed by atoms with E-state index in [0.29, 0.717) is 10.0 Å². The minimum absolute atomic E-state index is 0.692. The van der Waals surface area contributed by atoms with Crippen molar-refractivity contribution in [2.45, 2.75) is 9.79 Å². The highest BCUT2D eigenvalue weighted by Crippen LogP contribution is 2.34. The Morgan fingerprint density at radius 3 is 2.67 bits per heavy atom. The summed E-state index contributed by atoms with van der Waals surface area (Å²) in [5.74, 6) is 0. The average molecular weight is 254 g/mol. The fraction of sp³-hybridized carbons (Fsp3) is 0. The molecule has 0 N–H and O–H groups in total. The molecule has 2 aromatic carbocycles. The highest BCUT2D eigenvalue weighted by atomic mass is 35.5. The lowest BCUT2D eigenvalue weighted by atomic mass is 10.4. The molecule has 0 spiro atoms. The topological polar surface area (TPSA) is 0 Å². The van der Waals surface area contributed by atoms with Gasteiger partial charge in [0.1, 0.15) is 0 Å². The van der Waals surface area contributed by atoms with Crippen molar-refractivity contribution >= 4 is 35.0 Å². The lowest BCUT2D eigenvalue weighted by molar-refractivity contribution is 1.40. The van der Waals surface area contributed by atoms with Crippen LogP contribution in [0.1, 0.15) is 0 Å². The van der Waals surface area contributed by atoms with E-state index in [1.165, 1.54) is 0 Å². The summed E-state index contributed by atoms with van der Waals surface area (Å²) in [5.41, 5.74) is 0. The molecule has 0 aliphatic heterocycles. The van der Waals surface area contributed by atoms with Crippen molar-refractivity contribution in [3.05, 3.63) is 58.6 Å². The average Bonchev–Trinajstić information content (AvgIpc) is 2.25. The molecule has 0 nitrogen and oxygen atoms in total. The van der Waals surface area contributed by atoms with Gasteiger partial charge in [0.15, 0.2) is 0 Å². The van der Waals surface area contributed by atoms with Crippen LogP contribution < -0.4 is 0 Å². The highest BCUT2D eigenvalue weighted by molar-refractivity contribution is 7.99. The van der Waals surface area contributed by atoms with E-state index in [0.717, 1.165) is 9.79 Å². The summed E-state index contributed by atoms with van der Waals surface area (Å²) in [6.07, 6.45) is 0. The second kappa shape index (κ2) is 4.93.